The Labute approximate surface area is 82.0 Å². The first-order chi connectivity index (χ1) is 6.55. The van der Waals surface area contributed by atoms with Crippen molar-refractivity contribution >= 4 is 10.2 Å². The van der Waals surface area contributed by atoms with Gasteiger partial charge in [-0.15, -0.1) is 3.89 Å². The fraction of sp³-hybridized carbons (Fsp3) is 0.111. The maximum Gasteiger partial charge on any atom is 0.333 e. The van der Waals surface area contributed by atoms with Crippen LogP contribution < -0.4 is 5.73 Å². The standard InChI is InChI=1S/C9H8FNO2S/c10-14(12,13)9-6-2-1-4-8(9)5-3-7-11/h1-2,4,6H,7,11H2. The van der Waals surface area contributed by atoms with Crippen LogP contribution in [-0.4, -0.2) is 15.0 Å². The second kappa shape index (κ2) is 4.22. The molecule has 1 rings (SSSR count). The van der Waals surface area contributed by atoms with Crippen LogP contribution >= 0.6 is 0 Å². The van der Waals surface area contributed by atoms with E-state index < -0.39 is 15.1 Å². The van der Waals surface area contributed by atoms with Crippen LogP contribution in [0.5, 0.6) is 0 Å². The van der Waals surface area contributed by atoms with Gasteiger partial charge in [0.25, 0.3) is 0 Å². The second-order valence-corrected chi connectivity index (χ2v) is 3.76. The fourth-order valence-electron chi connectivity index (χ4n) is 0.929. The van der Waals surface area contributed by atoms with Crippen LogP contribution in [0.3, 0.4) is 0 Å². The highest BCUT2D eigenvalue weighted by molar-refractivity contribution is 7.86. The third kappa shape index (κ3) is 2.55. The van der Waals surface area contributed by atoms with Crippen molar-refractivity contribution in [2.45, 2.75) is 4.90 Å². The summed E-state index contributed by atoms with van der Waals surface area (Å²) in [4.78, 5) is -0.416. The van der Waals surface area contributed by atoms with E-state index in [1.807, 2.05) is 0 Å². The van der Waals surface area contributed by atoms with Gasteiger partial charge in [-0.05, 0) is 12.1 Å². The molecule has 0 spiro atoms. The molecule has 0 radical (unpaired) electrons. The minimum atomic E-state index is -4.71. The Morgan fingerprint density at radius 2 is 2.00 bits per heavy atom. The molecule has 0 unspecified atom stereocenters. The van der Waals surface area contributed by atoms with E-state index in [2.05, 4.69) is 11.8 Å². The molecule has 0 heterocycles. The number of hydrogen-bond acceptors (Lipinski definition) is 3. The lowest BCUT2D eigenvalue weighted by Crippen LogP contribution is -1.97. The summed E-state index contributed by atoms with van der Waals surface area (Å²) in [6.07, 6.45) is 0. The number of hydrogen-bond donors (Lipinski definition) is 1. The van der Waals surface area contributed by atoms with Crippen LogP contribution in [0.15, 0.2) is 29.2 Å². The number of rotatable bonds is 1. The van der Waals surface area contributed by atoms with Crippen molar-refractivity contribution in [1.29, 1.82) is 0 Å². The zero-order chi connectivity index (χ0) is 10.6. The smallest absolute Gasteiger partial charge is 0.320 e. The van der Waals surface area contributed by atoms with Crippen molar-refractivity contribution in [3.63, 3.8) is 0 Å². The van der Waals surface area contributed by atoms with Crippen molar-refractivity contribution in [1.82, 2.24) is 0 Å². The summed E-state index contributed by atoms with van der Waals surface area (Å²) in [5, 5.41) is 0. The van der Waals surface area contributed by atoms with Gasteiger partial charge in [-0.1, -0.05) is 24.0 Å². The fourth-order valence-corrected chi connectivity index (χ4v) is 1.55. The van der Waals surface area contributed by atoms with Crippen molar-refractivity contribution in [3.8, 4) is 11.8 Å². The molecule has 0 saturated heterocycles. The third-order valence-electron chi connectivity index (χ3n) is 1.47. The van der Waals surface area contributed by atoms with Gasteiger partial charge >= 0.3 is 10.2 Å². The summed E-state index contributed by atoms with van der Waals surface area (Å²) < 4.78 is 34.0. The zero-order valence-electron chi connectivity index (χ0n) is 7.20. The Hall–Kier alpha value is -1.38. The monoisotopic (exact) mass is 213 g/mol. The molecule has 3 nitrogen and oxygen atoms in total. The topological polar surface area (TPSA) is 60.2 Å². The van der Waals surface area contributed by atoms with Gasteiger partial charge in [-0.2, -0.15) is 8.42 Å². The van der Waals surface area contributed by atoms with E-state index in [0.717, 1.165) is 6.07 Å². The van der Waals surface area contributed by atoms with Crippen molar-refractivity contribution in [3.05, 3.63) is 29.8 Å². The summed E-state index contributed by atoms with van der Waals surface area (Å²) in [7, 11) is -4.71. The minimum absolute atomic E-state index is 0.0979. The van der Waals surface area contributed by atoms with E-state index >= 15 is 0 Å². The molecule has 0 fully saturated rings. The lowest BCUT2D eigenvalue weighted by Gasteiger charge is -1.97. The van der Waals surface area contributed by atoms with E-state index in [0.29, 0.717) is 0 Å². The second-order valence-electron chi connectivity index (χ2n) is 2.44. The lowest BCUT2D eigenvalue weighted by molar-refractivity contribution is 0.552. The maximum atomic E-state index is 12.7. The van der Waals surface area contributed by atoms with Gasteiger partial charge in [0.15, 0.2) is 0 Å². The van der Waals surface area contributed by atoms with Gasteiger partial charge in [0.2, 0.25) is 0 Å². The van der Waals surface area contributed by atoms with Crippen molar-refractivity contribution < 1.29 is 12.3 Å². The SMILES string of the molecule is NCC#Cc1ccccc1S(=O)(=O)F. The van der Waals surface area contributed by atoms with Crippen LogP contribution in [-0.2, 0) is 10.2 Å². The van der Waals surface area contributed by atoms with E-state index in [-0.39, 0.29) is 12.1 Å². The molecule has 0 aromatic heterocycles. The summed E-state index contributed by atoms with van der Waals surface area (Å²) in [6, 6.07) is 5.60. The average molecular weight is 213 g/mol. The number of benzene rings is 1. The third-order valence-corrected chi connectivity index (χ3v) is 2.36. The van der Waals surface area contributed by atoms with E-state index in [9.17, 15) is 12.3 Å². The Kier molecular flexibility index (Phi) is 3.23. The summed E-state index contributed by atoms with van der Waals surface area (Å²) in [6.45, 7) is 0.0979. The Morgan fingerprint density at radius 1 is 1.36 bits per heavy atom. The van der Waals surface area contributed by atoms with Crippen LogP contribution in [0.1, 0.15) is 5.56 Å². The van der Waals surface area contributed by atoms with Crippen LogP contribution in [0.2, 0.25) is 0 Å². The molecule has 1 aromatic rings. The summed E-state index contributed by atoms with van der Waals surface area (Å²) >= 11 is 0. The highest BCUT2D eigenvalue weighted by atomic mass is 32.3. The summed E-state index contributed by atoms with van der Waals surface area (Å²) in [5.41, 5.74) is 5.24. The predicted molar refractivity (Wildman–Crippen MR) is 50.7 cm³/mol. The van der Waals surface area contributed by atoms with Gasteiger partial charge in [-0.25, -0.2) is 0 Å². The Morgan fingerprint density at radius 3 is 2.57 bits per heavy atom. The van der Waals surface area contributed by atoms with Gasteiger partial charge in [0.05, 0.1) is 6.54 Å². The average Bonchev–Trinajstić information content (AvgIpc) is 2.14. The molecule has 5 heteroatoms. The van der Waals surface area contributed by atoms with E-state index in [1.54, 1.807) is 6.07 Å². The quantitative estimate of drug-likeness (QED) is 0.550. The molecule has 14 heavy (non-hydrogen) atoms. The number of nitrogens with two attached hydrogens (primary N) is 1. The molecule has 0 aliphatic rings. The number of halogens is 1. The molecule has 74 valence electrons. The first-order valence-electron chi connectivity index (χ1n) is 3.78. The normalized spacial score (nSPS) is 10.4. The lowest BCUT2D eigenvalue weighted by atomic mass is 10.2. The molecule has 0 aliphatic heterocycles. The van der Waals surface area contributed by atoms with Gasteiger partial charge in [0.1, 0.15) is 4.90 Å². The Bertz CT molecular complexity index is 485. The molecular weight excluding hydrogens is 205 g/mol. The van der Waals surface area contributed by atoms with E-state index in [4.69, 9.17) is 5.73 Å². The molecule has 0 amide bonds. The molecule has 0 saturated carbocycles. The zero-order valence-corrected chi connectivity index (χ0v) is 8.01. The van der Waals surface area contributed by atoms with Crippen LogP contribution in [0.25, 0.3) is 0 Å². The molecule has 1 aromatic carbocycles. The van der Waals surface area contributed by atoms with Crippen molar-refractivity contribution in [2.75, 3.05) is 6.54 Å². The molecule has 0 aliphatic carbocycles. The highest BCUT2D eigenvalue weighted by Crippen LogP contribution is 2.16. The minimum Gasteiger partial charge on any atom is -0.320 e. The van der Waals surface area contributed by atoms with Gasteiger partial charge in [0, 0.05) is 5.56 Å². The van der Waals surface area contributed by atoms with Crippen LogP contribution in [0, 0.1) is 11.8 Å². The van der Waals surface area contributed by atoms with Crippen molar-refractivity contribution in [2.24, 2.45) is 5.73 Å². The maximum absolute atomic E-state index is 12.7. The molecule has 0 atom stereocenters. The van der Waals surface area contributed by atoms with Gasteiger partial charge < -0.3 is 5.73 Å². The Balaban J connectivity index is 3.31. The molecule has 2 N–H and O–H groups in total. The molecular formula is C9H8FNO2S. The highest BCUT2D eigenvalue weighted by Gasteiger charge is 2.14. The largest absolute Gasteiger partial charge is 0.333 e. The van der Waals surface area contributed by atoms with E-state index in [1.165, 1.54) is 12.1 Å². The van der Waals surface area contributed by atoms with Crippen LogP contribution in [0.4, 0.5) is 3.89 Å². The molecule has 0 bridgehead atoms. The first-order valence-corrected chi connectivity index (χ1v) is 5.16. The predicted octanol–water partition coefficient (Wildman–Crippen LogP) is 0.655. The summed E-state index contributed by atoms with van der Waals surface area (Å²) in [5.74, 6) is 4.95. The first kappa shape index (κ1) is 10.7. The van der Waals surface area contributed by atoms with Gasteiger partial charge in [-0.3, -0.25) is 0 Å².